The van der Waals surface area contributed by atoms with E-state index >= 15 is 0 Å². The van der Waals surface area contributed by atoms with Gasteiger partial charge in [0.1, 0.15) is 0 Å². The van der Waals surface area contributed by atoms with Gasteiger partial charge >= 0.3 is 6.03 Å². The Kier molecular flexibility index (Phi) is 3.46. The van der Waals surface area contributed by atoms with E-state index < -0.39 is 0 Å². The van der Waals surface area contributed by atoms with Gasteiger partial charge in [0.15, 0.2) is 0 Å². The molecule has 1 saturated heterocycles. The van der Waals surface area contributed by atoms with E-state index in [-0.39, 0.29) is 6.03 Å². The standard InChI is InChI=1S/C11H21N3O/c1-12-7-9-5-6-14(8-9)11(15)13-10-3-2-4-10/h9-10,12H,2-8H2,1H3,(H,13,15). The molecular weight excluding hydrogens is 190 g/mol. The van der Waals surface area contributed by atoms with Gasteiger partial charge < -0.3 is 15.5 Å². The van der Waals surface area contributed by atoms with Gasteiger partial charge in [0.2, 0.25) is 0 Å². The van der Waals surface area contributed by atoms with Gasteiger partial charge in [-0.05, 0) is 45.2 Å². The van der Waals surface area contributed by atoms with Crippen LogP contribution < -0.4 is 10.6 Å². The zero-order valence-electron chi connectivity index (χ0n) is 9.46. The lowest BCUT2D eigenvalue weighted by molar-refractivity contribution is 0.195. The Morgan fingerprint density at radius 2 is 2.20 bits per heavy atom. The average Bonchev–Trinajstić information content (AvgIpc) is 2.60. The molecule has 86 valence electrons. The second-order valence-corrected chi connectivity index (χ2v) is 4.74. The van der Waals surface area contributed by atoms with Gasteiger partial charge in [-0.25, -0.2) is 4.79 Å². The molecule has 2 rings (SSSR count). The predicted molar refractivity (Wildman–Crippen MR) is 59.8 cm³/mol. The van der Waals surface area contributed by atoms with Gasteiger partial charge in [-0.1, -0.05) is 0 Å². The molecule has 2 fully saturated rings. The molecule has 0 aromatic heterocycles. The summed E-state index contributed by atoms with van der Waals surface area (Å²) in [6, 6.07) is 0.610. The molecule has 0 aromatic rings. The van der Waals surface area contributed by atoms with E-state index in [0.717, 1.165) is 26.1 Å². The van der Waals surface area contributed by atoms with Crippen molar-refractivity contribution in [3.05, 3.63) is 0 Å². The number of carbonyl (C=O) groups excluding carboxylic acids is 1. The Morgan fingerprint density at radius 3 is 2.80 bits per heavy atom. The maximum Gasteiger partial charge on any atom is 0.317 e. The molecule has 1 aliphatic heterocycles. The molecule has 0 radical (unpaired) electrons. The summed E-state index contributed by atoms with van der Waals surface area (Å²) in [5.41, 5.74) is 0. The minimum Gasteiger partial charge on any atom is -0.335 e. The summed E-state index contributed by atoms with van der Waals surface area (Å²) in [4.78, 5) is 13.8. The molecule has 4 heteroatoms. The van der Waals surface area contributed by atoms with Gasteiger partial charge in [0.25, 0.3) is 0 Å². The van der Waals surface area contributed by atoms with E-state index in [1.165, 1.54) is 19.3 Å². The van der Waals surface area contributed by atoms with Crippen molar-refractivity contribution in [2.24, 2.45) is 5.92 Å². The third kappa shape index (κ3) is 2.62. The zero-order valence-corrected chi connectivity index (χ0v) is 9.46. The summed E-state index contributed by atoms with van der Waals surface area (Å²) >= 11 is 0. The van der Waals surface area contributed by atoms with Gasteiger partial charge in [-0.2, -0.15) is 0 Å². The highest BCUT2D eigenvalue weighted by Gasteiger charge is 2.28. The van der Waals surface area contributed by atoms with Crippen molar-refractivity contribution >= 4 is 6.03 Å². The summed E-state index contributed by atoms with van der Waals surface area (Å²) in [5.74, 6) is 0.641. The normalized spacial score (nSPS) is 26.5. The maximum absolute atomic E-state index is 11.8. The third-order valence-electron chi connectivity index (χ3n) is 3.50. The SMILES string of the molecule is CNCC1CCN(C(=O)NC2CCC2)C1. The molecule has 4 nitrogen and oxygen atoms in total. The predicted octanol–water partition coefficient (Wildman–Crippen LogP) is 0.790. The van der Waals surface area contributed by atoms with Gasteiger partial charge in [-0.15, -0.1) is 0 Å². The summed E-state index contributed by atoms with van der Waals surface area (Å²) in [5, 5.41) is 6.26. The number of nitrogens with zero attached hydrogens (tertiary/aromatic N) is 1. The Bertz CT molecular complexity index is 228. The van der Waals surface area contributed by atoms with E-state index in [4.69, 9.17) is 0 Å². The van der Waals surface area contributed by atoms with E-state index in [2.05, 4.69) is 10.6 Å². The maximum atomic E-state index is 11.8. The number of hydrogen-bond donors (Lipinski definition) is 2. The lowest BCUT2D eigenvalue weighted by atomic mass is 9.93. The minimum atomic E-state index is 0.151. The quantitative estimate of drug-likeness (QED) is 0.725. The number of likely N-dealkylation sites (tertiary alicyclic amines) is 1. The van der Waals surface area contributed by atoms with Crippen molar-refractivity contribution in [1.29, 1.82) is 0 Å². The average molecular weight is 211 g/mol. The van der Waals surface area contributed by atoms with Crippen molar-refractivity contribution in [2.75, 3.05) is 26.7 Å². The van der Waals surface area contributed by atoms with Gasteiger partial charge in [0, 0.05) is 19.1 Å². The van der Waals surface area contributed by atoms with Crippen LogP contribution in [0.1, 0.15) is 25.7 Å². The first-order valence-electron chi connectivity index (χ1n) is 5.99. The molecule has 1 aliphatic carbocycles. The van der Waals surface area contributed by atoms with Crippen LogP contribution in [0.5, 0.6) is 0 Å². The fourth-order valence-electron chi connectivity index (χ4n) is 2.29. The molecule has 15 heavy (non-hydrogen) atoms. The van der Waals surface area contributed by atoms with E-state index in [9.17, 15) is 4.79 Å². The first kappa shape index (κ1) is 10.7. The highest BCUT2D eigenvalue weighted by atomic mass is 16.2. The number of amides is 2. The van der Waals surface area contributed by atoms with Crippen molar-refractivity contribution in [3.8, 4) is 0 Å². The lowest BCUT2D eigenvalue weighted by Gasteiger charge is -2.29. The van der Waals surface area contributed by atoms with E-state index in [0.29, 0.717) is 12.0 Å². The van der Waals surface area contributed by atoms with Crippen LogP contribution >= 0.6 is 0 Å². The van der Waals surface area contributed by atoms with E-state index in [1.807, 2.05) is 11.9 Å². The van der Waals surface area contributed by atoms with E-state index in [1.54, 1.807) is 0 Å². The Hall–Kier alpha value is -0.770. The van der Waals surface area contributed by atoms with Crippen LogP contribution in [0.25, 0.3) is 0 Å². The van der Waals surface area contributed by atoms with Crippen LogP contribution in [0, 0.1) is 5.92 Å². The molecule has 2 aliphatic rings. The van der Waals surface area contributed by atoms with Crippen LogP contribution in [-0.4, -0.2) is 43.7 Å². The monoisotopic (exact) mass is 211 g/mol. The Labute approximate surface area is 91.4 Å². The highest BCUT2D eigenvalue weighted by molar-refractivity contribution is 5.74. The molecule has 2 amide bonds. The first-order chi connectivity index (χ1) is 7.29. The largest absolute Gasteiger partial charge is 0.335 e. The topological polar surface area (TPSA) is 44.4 Å². The Balaban J connectivity index is 1.71. The summed E-state index contributed by atoms with van der Waals surface area (Å²) < 4.78 is 0. The van der Waals surface area contributed by atoms with Crippen molar-refractivity contribution in [1.82, 2.24) is 15.5 Å². The fourth-order valence-corrected chi connectivity index (χ4v) is 2.29. The smallest absolute Gasteiger partial charge is 0.317 e. The van der Waals surface area contributed by atoms with Crippen LogP contribution in [-0.2, 0) is 0 Å². The fraction of sp³-hybridized carbons (Fsp3) is 0.909. The number of rotatable bonds is 3. The summed E-state index contributed by atoms with van der Waals surface area (Å²) in [7, 11) is 1.97. The highest BCUT2D eigenvalue weighted by Crippen LogP contribution is 2.20. The van der Waals surface area contributed by atoms with Gasteiger partial charge in [-0.3, -0.25) is 0 Å². The van der Waals surface area contributed by atoms with Crippen LogP contribution in [0.15, 0.2) is 0 Å². The molecule has 1 unspecified atom stereocenters. The molecule has 0 aromatic carbocycles. The molecule has 0 spiro atoms. The molecule has 1 heterocycles. The zero-order chi connectivity index (χ0) is 10.7. The lowest BCUT2D eigenvalue weighted by Crippen LogP contribution is -2.46. The summed E-state index contributed by atoms with van der Waals surface area (Å²) in [6.07, 6.45) is 4.74. The molecule has 0 bridgehead atoms. The van der Waals surface area contributed by atoms with Gasteiger partial charge in [0.05, 0.1) is 0 Å². The number of urea groups is 1. The third-order valence-corrected chi connectivity index (χ3v) is 3.50. The molecule has 2 N–H and O–H groups in total. The Morgan fingerprint density at radius 1 is 1.40 bits per heavy atom. The summed E-state index contributed by atoms with van der Waals surface area (Å²) in [6.45, 7) is 2.86. The first-order valence-corrected chi connectivity index (χ1v) is 5.99. The van der Waals surface area contributed by atoms with Crippen LogP contribution in [0.2, 0.25) is 0 Å². The van der Waals surface area contributed by atoms with Crippen molar-refractivity contribution < 1.29 is 4.79 Å². The number of carbonyl (C=O) groups is 1. The molecular formula is C11H21N3O. The number of nitrogens with one attached hydrogen (secondary N) is 2. The molecule has 1 saturated carbocycles. The second kappa shape index (κ2) is 4.84. The number of hydrogen-bond acceptors (Lipinski definition) is 2. The second-order valence-electron chi connectivity index (χ2n) is 4.74. The van der Waals surface area contributed by atoms with Crippen LogP contribution in [0.3, 0.4) is 0 Å². The van der Waals surface area contributed by atoms with Crippen LogP contribution in [0.4, 0.5) is 4.79 Å². The molecule has 1 atom stereocenters. The van der Waals surface area contributed by atoms with Crippen molar-refractivity contribution in [2.45, 2.75) is 31.7 Å². The van der Waals surface area contributed by atoms with Crippen molar-refractivity contribution in [3.63, 3.8) is 0 Å². The minimum absolute atomic E-state index is 0.151.